The van der Waals surface area contributed by atoms with Crippen molar-refractivity contribution >= 4 is 15.9 Å². The van der Waals surface area contributed by atoms with Gasteiger partial charge in [-0.1, -0.05) is 6.07 Å². The van der Waals surface area contributed by atoms with E-state index in [1.165, 1.54) is 30.5 Å². The zero-order valence-electron chi connectivity index (χ0n) is 17.8. The van der Waals surface area contributed by atoms with Gasteiger partial charge in [0.1, 0.15) is 18.1 Å². The second-order valence-electron chi connectivity index (χ2n) is 7.33. The molecule has 0 aliphatic heterocycles. The molecule has 3 rings (SSSR count). The first-order valence-electron chi connectivity index (χ1n) is 9.83. The van der Waals surface area contributed by atoms with E-state index in [4.69, 9.17) is 9.15 Å². The number of likely N-dealkylation sites (N-methyl/N-ethyl adjacent to an activating group) is 1. The summed E-state index contributed by atoms with van der Waals surface area (Å²) in [6.45, 7) is 4.82. The number of benzene rings is 2. The van der Waals surface area contributed by atoms with Crippen LogP contribution in [0.5, 0.6) is 5.75 Å². The van der Waals surface area contributed by atoms with Crippen molar-refractivity contribution in [2.75, 3.05) is 20.2 Å². The van der Waals surface area contributed by atoms with Crippen molar-refractivity contribution in [1.29, 1.82) is 0 Å². The molecule has 3 aromatic rings. The number of carbonyl (C=O) groups excluding carboxylic acids is 1. The quantitative estimate of drug-likeness (QED) is 0.548. The molecule has 1 amide bonds. The first-order valence-corrected chi connectivity index (χ1v) is 11.3. The Morgan fingerprint density at radius 3 is 2.35 bits per heavy atom. The van der Waals surface area contributed by atoms with Crippen LogP contribution < -0.4 is 9.46 Å². The normalized spacial score (nSPS) is 11.3. The number of amides is 1. The van der Waals surface area contributed by atoms with Gasteiger partial charge in [0.25, 0.3) is 5.91 Å². The van der Waals surface area contributed by atoms with Gasteiger partial charge in [0, 0.05) is 12.6 Å². The molecule has 0 saturated carbocycles. The fourth-order valence-electron chi connectivity index (χ4n) is 3.08. The van der Waals surface area contributed by atoms with E-state index in [0.29, 0.717) is 24.5 Å². The number of aryl methyl sites for hydroxylation is 2. The lowest BCUT2D eigenvalue weighted by molar-refractivity contribution is 0.0773. The van der Waals surface area contributed by atoms with Crippen molar-refractivity contribution in [2.45, 2.75) is 25.3 Å². The highest BCUT2D eigenvalue weighted by Crippen LogP contribution is 2.16. The number of hydrogen-bond acceptors (Lipinski definition) is 5. The van der Waals surface area contributed by atoms with Crippen LogP contribution >= 0.6 is 0 Å². The third-order valence-corrected chi connectivity index (χ3v) is 6.08. The Labute approximate surface area is 182 Å². The van der Waals surface area contributed by atoms with Crippen LogP contribution in [0.3, 0.4) is 0 Å². The van der Waals surface area contributed by atoms with Crippen LogP contribution in [0.25, 0.3) is 0 Å². The Balaban J connectivity index is 1.55. The predicted octanol–water partition coefficient (Wildman–Crippen LogP) is 3.53. The Hall–Kier alpha value is -3.10. The van der Waals surface area contributed by atoms with E-state index in [1.54, 1.807) is 24.1 Å². The Morgan fingerprint density at radius 2 is 1.74 bits per heavy atom. The number of nitrogens with one attached hydrogen (secondary N) is 1. The average molecular weight is 443 g/mol. The minimum atomic E-state index is -3.71. The van der Waals surface area contributed by atoms with Gasteiger partial charge in [-0.05, 0) is 73.5 Å². The molecular weight excluding hydrogens is 416 g/mol. The third kappa shape index (κ3) is 6.19. The molecule has 7 nitrogen and oxygen atoms in total. The average Bonchev–Trinajstić information content (AvgIpc) is 3.25. The first kappa shape index (κ1) is 22.6. The lowest BCUT2D eigenvalue weighted by Gasteiger charge is -2.18. The maximum absolute atomic E-state index is 12.6. The highest BCUT2D eigenvalue weighted by molar-refractivity contribution is 7.89. The van der Waals surface area contributed by atoms with Crippen molar-refractivity contribution in [2.24, 2.45) is 0 Å². The van der Waals surface area contributed by atoms with Crippen LogP contribution in [-0.4, -0.2) is 39.4 Å². The summed E-state index contributed by atoms with van der Waals surface area (Å²) in [5, 5.41) is 0. The molecule has 31 heavy (non-hydrogen) atoms. The highest BCUT2D eigenvalue weighted by Gasteiger charge is 2.17. The minimum absolute atomic E-state index is 0.0548. The maximum Gasteiger partial charge on any atom is 0.253 e. The SMILES string of the molecule is Cc1cc(C)cc(OCCN(C)C(=O)c2ccc(S(=O)(=O)NCc3ccco3)cc2)c1. The zero-order valence-corrected chi connectivity index (χ0v) is 18.6. The number of carbonyl (C=O) groups is 1. The van der Waals surface area contributed by atoms with E-state index in [-0.39, 0.29) is 17.3 Å². The molecule has 164 valence electrons. The number of nitrogens with zero attached hydrogens (tertiary/aromatic N) is 1. The van der Waals surface area contributed by atoms with Crippen LogP contribution in [0, 0.1) is 13.8 Å². The molecular formula is C23H26N2O5S. The van der Waals surface area contributed by atoms with Gasteiger partial charge < -0.3 is 14.1 Å². The van der Waals surface area contributed by atoms with E-state index in [0.717, 1.165) is 16.9 Å². The third-order valence-electron chi connectivity index (χ3n) is 4.67. The highest BCUT2D eigenvalue weighted by atomic mass is 32.2. The molecule has 0 radical (unpaired) electrons. The molecule has 1 N–H and O–H groups in total. The Bertz CT molecular complexity index is 1100. The van der Waals surface area contributed by atoms with Crippen LogP contribution in [0.2, 0.25) is 0 Å². The standard InChI is InChI=1S/C23H26N2O5S/c1-17-13-18(2)15-21(14-17)30-12-10-25(3)23(26)19-6-8-22(9-7-19)31(27,28)24-16-20-5-4-11-29-20/h4-9,11,13-15,24H,10,12,16H2,1-3H3. The molecule has 0 aliphatic rings. The molecule has 2 aromatic carbocycles. The van der Waals surface area contributed by atoms with Crippen molar-refractivity contribution < 1.29 is 22.4 Å². The summed E-state index contributed by atoms with van der Waals surface area (Å²) in [6, 6.07) is 15.2. The van der Waals surface area contributed by atoms with E-state index < -0.39 is 10.0 Å². The predicted molar refractivity (Wildman–Crippen MR) is 118 cm³/mol. The van der Waals surface area contributed by atoms with Gasteiger partial charge in [-0.25, -0.2) is 13.1 Å². The summed E-state index contributed by atoms with van der Waals surface area (Å²) in [5.74, 6) is 1.08. The second kappa shape index (κ2) is 9.80. The summed E-state index contributed by atoms with van der Waals surface area (Å²) in [7, 11) is -2.02. The fraction of sp³-hybridized carbons (Fsp3) is 0.261. The van der Waals surface area contributed by atoms with Crippen LogP contribution in [0.4, 0.5) is 0 Å². The summed E-state index contributed by atoms with van der Waals surface area (Å²) in [4.78, 5) is 14.3. The Morgan fingerprint density at radius 1 is 1.06 bits per heavy atom. The molecule has 0 spiro atoms. The molecule has 1 heterocycles. The smallest absolute Gasteiger partial charge is 0.253 e. The topological polar surface area (TPSA) is 88.8 Å². The van der Waals surface area contributed by atoms with Crippen LogP contribution in [0.15, 0.2) is 70.2 Å². The van der Waals surface area contributed by atoms with E-state index >= 15 is 0 Å². The molecule has 0 bridgehead atoms. The number of furan rings is 1. The molecule has 0 atom stereocenters. The number of ether oxygens (including phenoxy) is 1. The second-order valence-corrected chi connectivity index (χ2v) is 9.09. The van der Waals surface area contributed by atoms with Gasteiger partial charge in [-0.15, -0.1) is 0 Å². The monoisotopic (exact) mass is 442 g/mol. The van der Waals surface area contributed by atoms with E-state index in [1.807, 2.05) is 26.0 Å². The van der Waals surface area contributed by atoms with E-state index in [9.17, 15) is 13.2 Å². The summed E-state index contributed by atoms with van der Waals surface area (Å²) in [5.41, 5.74) is 2.64. The number of rotatable bonds is 9. The van der Waals surface area contributed by atoms with Crippen LogP contribution in [0.1, 0.15) is 27.2 Å². The molecule has 0 fully saturated rings. The minimum Gasteiger partial charge on any atom is -0.492 e. The van der Waals surface area contributed by atoms with E-state index in [2.05, 4.69) is 10.8 Å². The molecule has 0 saturated heterocycles. The summed E-state index contributed by atoms with van der Waals surface area (Å²) < 4.78 is 38.2. The van der Waals surface area contributed by atoms with Gasteiger partial charge in [-0.3, -0.25) is 4.79 Å². The van der Waals surface area contributed by atoms with Crippen molar-refractivity contribution in [3.63, 3.8) is 0 Å². The number of sulfonamides is 1. The molecule has 0 unspecified atom stereocenters. The zero-order chi connectivity index (χ0) is 22.4. The van der Waals surface area contributed by atoms with Crippen molar-refractivity contribution in [3.8, 4) is 5.75 Å². The van der Waals surface area contributed by atoms with Crippen molar-refractivity contribution in [3.05, 3.63) is 83.3 Å². The van der Waals surface area contributed by atoms with Gasteiger partial charge in [0.15, 0.2) is 0 Å². The van der Waals surface area contributed by atoms with Crippen molar-refractivity contribution in [1.82, 2.24) is 9.62 Å². The van der Waals surface area contributed by atoms with Gasteiger partial charge in [0.2, 0.25) is 10.0 Å². The van der Waals surface area contributed by atoms with Crippen LogP contribution in [-0.2, 0) is 16.6 Å². The molecule has 8 heteroatoms. The van der Waals surface area contributed by atoms with Gasteiger partial charge in [-0.2, -0.15) is 0 Å². The lowest BCUT2D eigenvalue weighted by Crippen LogP contribution is -2.31. The molecule has 0 aliphatic carbocycles. The summed E-state index contributed by atoms with van der Waals surface area (Å²) >= 11 is 0. The lowest BCUT2D eigenvalue weighted by atomic mass is 10.1. The first-order chi connectivity index (χ1) is 14.7. The largest absolute Gasteiger partial charge is 0.492 e. The Kier molecular flexibility index (Phi) is 7.14. The number of hydrogen-bond donors (Lipinski definition) is 1. The van der Waals surface area contributed by atoms with Gasteiger partial charge in [0.05, 0.1) is 24.2 Å². The van der Waals surface area contributed by atoms with Gasteiger partial charge >= 0.3 is 0 Å². The molecule has 1 aromatic heterocycles. The summed E-state index contributed by atoms with van der Waals surface area (Å²) in [6.07, 6.45) is 1.48. The maximum atomic E-state index is 12.6. The fourth-order valence-corrected chi connectivity index (χ4v) is 4.07.